The third kappa shape index (κ3) is 4.32. The molecule has 0 atom stereocenters. The van der Waals surface area contributed by atoms with Crippen LogP contribution in [0, 0.1) is 11.3 Å². The molecule has 0 aliphatic heterocycles. The Hall–Kier alpha value is -1.80. The maximum absolute atomic E-state index is 14.3. The predicted octanol–water partition coefficient (Wildman–Crippen LogP) is 5.82. The highest BCUT2D eigenvalue weighted by Crippen LogP contribution is 2.58. The monoisotopic (exact) mass is 533 g/mol. The molecule has 1 amide bonds. The largest absolute Gasteiger partial charge is 0.390 e. The van der Waals surface area contributed by atoms with Crippen LogP contribution in [-0.4, -0.2) is 33.3 Å². The lowest BCUT2D eigenvalue weighted by Gasteiger charge is -2.54. The topological polar surface area (TPSA) is 79.5 Å². The van der Waals surface area contributed by atoms with Crippen molar-refractivity contribution < 1.29 is 18.8 Å². The lowest BCUT2D eigenvalue weighted by atomic mass is 9.53. The van der Waals surface area contributed by atoms with E-state index >= 15 is 0 Å². The summed E-state index contributed by atoms with van der Waals surface area (Å²) in [4.78, 5) is 20.0. The Kier molecular flexibility index (Phi) is 5.71. The van der Waals surface area contributed by atoms with Crippen LogP contribution in [0.5, 0.6) is 0 Å². The number of aromatic nitrogens is 2. The van der Waals surface area contributed by atoms with Gasteiger partial charge in [0.1, 0.15) is 0 Å². The first-order chi connectivity index (χ1) is 15.9. The molecule has 0 saturated heterocycles. The molecular formula is C26H33BrFN3O3. The average Bonchev–Trinajstić information content (AvgIpc) is 3.29. The minimum atomic E-state index is -1.65. The van der Waals surface area contributed by atoms with Crippen LogP contribution in [-0.2, 0) is 15.9 Å². The van der Waals surface area contributed by atoms with Crippen LogP contribution in [0.1, 0.15) is 83.9 Å². The smallest absolute Gasteiger partial charge is 0.263 e. The van der Waals surface area contributed by atoms with Gasteiger partial charge in [-0.1, -0.05) is 27.2 Å². The van der Waals surface area contributed by atoms with Crippen molar-refractivity contribution in [3.05, 3.63) is 40.5 Å². The van der Waals surface area contributed by atoms with E-state index in [1.807, 2.05) is 29.2 Å². The van der Waals surface area contributed by atoms with Gasteiger partial charge in [-0.2, -0.15) is 4.98 Å². The van der Waals surface area contributed by atoms with Crippen LogP contribution in [0.2, 0.25) is 0 Å². The Morgan fingerprint density at radius 3 is 2.41 bits per heavy atom. The quantitative estimate of drug-likeness (QED) is 0.505. The highest BCUT2D eigenvalue weighted by Gasteiger charge is 2.53. The van der Waals surface area contributed by atoms with Gasteiger partial charge in [0.25, 0.3) is 5.89 Å². The number of aliphatic hydroxyl groups is 1. The van der Waals surface area contributed by atoms with Gasteiger partial charge in [-0.3, -0.25) is 4.79 Å². The Morgan fingerprint density at radius 1 is 1.24 bits per heavy atom. The number of fused-ring (bicyclic) bond motifs is 3. The second kappa shape index (κ2) is 8.12. The second-order valence-electron chi connectivity index (χ2n) is 11.7. The fraction of sp³-hybridized carbons (Fsp3) is 0.654. The van der Waals surface area contributed by atoms with Crippen molar-refractivity contribution in [2.24, 2.45) is 11.3 Å². The average molecular weight is 534 g/mol. The molecule has 1 heterocycles. The zero-order valence-electron chi connectivity index (χ0n) is 20.1. The molecule has 1 aromatic carbocycles. The van der Waals surface area contributed by atoms with Gasteiger partial charge in [0.15, 0.2) is 11.5 Å². The van der Waals surface area contributed by atoms with Gasteiger partial charge in [-0.15, -0.1) is 0 Å². The van der Waals surface area contributed by atoms with Crippen molar-refractivity contribution in [3.63, 3.8) is 0 Å². The lowest BCUT2D eigenvalue weighted by molar-refractivity contribution is -0.137. The summed E-state index contributed by atoms with van der Waals surface area (Å²) < 4.78 is 20.5. The standard InChI is InChI=1S/C26H33BrFN3O3/c1-23(2,28)22-29-21(30-34-22)26-10-7-25(8-11-26,9-12-26)16-31(19-6-4-5-18(27)13-19)20(32)17-14-24(3,33)15-17/h4-6,13,17,33H,7-12,14-16H2,1-3H3. The zero-order valence-corrected chi connectivity index (χ0v) is 21.7. The van der Waals surface area contributed by atoms with Crippen molar-refractivity contribution in [2.75, 3.05) is 11.4 Å². The summed E-state index contributed by atoms with van der Waals surface area (Å²) in [6.45, 7) is 5.34. The van der Waals surface area contributed by atoms with E-state index in [1.165, 1.54) is 13.8 Å². The number of hydrogen-bond acceptors (Lipinski definition) is 5. The van der Waals surface area contributed by atoms with E-state index in [0.717, 1.165) is 48.7 Å². The molecule has 4 fully saturated rings. The van der Waals surface area contributed by atoms with Gasteiger partial charge in [-0.05, 0) is 95.8 Å². The maximum atomic E-state index is 14.3. The number of hydrogen-bond donors (Lipinski definition) is 1. The second-order valence-corrected chi connectivity index (χ2v) is 12.6. The van der Waals surface area contributed by atoms with Crippen LogP contribution in [0.3, 0.4) is 0 Å². The number of rotatable bonds is 6. The first-order valence-corrected chi connectivity index (χ1v) is 13.0. The number of carbonyl (C=O) groups excluding carboxylic acids is 1. The normalized spacial score (nSPS) is 32.9. The van der Waals surface area contributed by atoms with Crippen molar-refractivity contribution in [2.45, 2.75) is 88.8 Å². The number of nitrogens with zero attached hydrogens (tertiary/aromatic N) is 3. The van der Waals surface area contributed by atoms with Crippen molar-refractivity contribution >= 4 is 27.5 Å². The molecule has 34 heavy (non-hydrogen) atoms. The van der Waals surface area contributed by atoms with E-state index in [4.69, 9.17) is 4.52 Å². The minimum absolute atomic E-state index is 0.0396. The zero-order chi connectivity index (χ0) is 24.4. The van der Waals surface area contributed by atoms with Gasteiger partial charge >= 0.3 is 0 Å². The molecule has 2 bridgehead atoms. The van der Waals surface area contributed by atoms with Crippen LogP contribution in [0.4, 0.5) is 10.1 Å². The molecule has 4 saturated carbocycles. The van der Waals surface area contributed by atoms with E-state index in [1.54, 1.807) is 6.92 Å². The molecule has 184 valence electrons. The minimum Gasteiger partial charge on any atom is -0.390 e. The molecule has 1 N–H and O–H groups in total. The van der Waals surface area contributed by atoms with Crippen molar-refractivity contribution in [3.8, 4) is 0 Å². The summed E-state index contributed by atoms with van der Waals surface area (Å²) in [5.74, 6) is 0.646. The Balaban J connectivity index is 1.35. The summed E-state index contributed by atoms with van der Waals surface area (Å²) in [6.07, 6.45) is 6.67. The van der Waals surface area contributed by atoms with Crippen LogP contribution in [0.25, 0.3) is 0 Å². The molecule has 8 heteroatoms. The number of amides is 1. The highest BCUT2D eigenvalue weighted by molar-refractivity contribution is 9.10. The SMILES string of the molecule is CC1(O)CC(C(=O)N(CC23CCC(c4noc(C(C)(C)F)n4)(CC2)CC3)c2cccc(Br)c2)C1. The van der Waals surface area contributed by atoms with E-state index in [2.05, 4.69) is 26.1 Å². The van der Waals surface area contributed by atoms with E-state index in [0.29, 0.717) is 25.2 Å². The summed E-state index contributed by atoms with van der Waals surface area (Å²) >= 11 is 3.55. The van der Waals surface area contributed by atoms with Crippen LogP contribution < -0.4 is 4.90 Å². The summed E-state index contributed by atoms with van der Waals surface area (Å²) in [6, 6.07) is 7.92. The molecule has 0 spiro atoms. The van der Waals surface area contributed by atoms with Gasteiger partial charge in [0, 0.05) is 28.0 Å². The number of benzene rings is 1. The van der Waals surface area contributed by atoms with E-state index < -0.39 is 11.3 Å². The molecular weight excluding hydrogens is 501 g/mol. The lowest BCUT2D eigenvalue weighted by Crippen LogP contribution is -2.54. The molecule has 4 aliphatic carbocycles. The third-order valence-corrected chi connectivity index (χ3v) is 8.90. The Labute approximate surface area is 208 Å². The fourth-order valence-electron chi connectivity index (χ4n) is 6.19. The van der Waals surface area contributed by atoms with E-state index in [-0.39, 0.29) is 28.5 Å². The van der Waals surface area contributed by atoms with Gasteiger partial charge in [0.2, 0.25) is 5.91 Å². The van der Waals surface area contributed by atoms with Crippen molar-refractivity contribution in [1.82, 2.24) is 10.1 Å². The summed E-state index contributed by atoms with van der Waals surface area (Å²) in [7, 11) is 0. The predicted molar refractivity (Wildman–Crippen MR) is 130 cm³/mol. The number of halogens is 2. The molecule has 4 aliphatic rings. The molecule has 6 nitrogen and oxygen atoms in total. The van der Waals surface area contributed by atoms with Crippen LogP contribution in [0.15, 0.2) is 33.3 Å². The number of alkyl halides is 1. The molecule has 0 unspecified atom stereocenters. The van der Waals surface area contributed by atoms with Gasteiger partial charge in [-0.25, -0.2) is 4.39 Å². The Bertz CT molecular complexity index is 1060. The van der Waals surface area contributed by atoms with Gasteiger partial charge in [0.05, 0.1) is 5.60 Å². The van der Waals surface area contributed by atoms with Crippen LogP contribution >= 0.6 is 15.9 Å². The Morgan fingerprint density at radius 2 is 1.88 bits per heavy atom. The molecule has 6 rings (SSSR count). The molecule has 1 aromatic heterocycles. The summed E-state index contributed by atoms with van der Waals surface area (Å²) in [5, 5.41) is 14.4. The maximum Gasteiger partial charge on any atom is 0.263 e. The van der Waals surface area contributed by atoms with Crippen molar-refractivity contribution in [1.29, 1.82) is 0 Å². The first kappa shape index (κ1) is 23.9. The summed E-state index contributed by atoms with van der Waals surface area (Å²) in [5.41, 5.74) is -1.61. The number of anilines is 1. The molecule has 0 radical (unpaired) electrons. The van der Waals surface area contributed by atoms with Gasteiger partial charge < -0.3 is 14.5 Å². The molecule has 2 aromatic rings. The first-order valence-electron chi connectivity index (χ1n) is 12.2. The highest BCUT2D eigenvalue weighted by atomic mass is 79.9. The number of carbonyl (C=O) groups is 1. The third-order valence-electron chi connectivity index (χ3n) is 8.41. The fourth-order valence-corrected chi connectivity index (χ4v) is 6.58. The van der Waals surface area contributed by atoms with E-state index in [9.17, 15) is 14.3 Å².